The first-order chi connectivity index (χ1) is 14.7. The molecule has 0 saturated carbocycles. The molecule has 9 heteroatoms. The minimum Gasteiger partial charge on any atom is -0.350 e. The SMILES string of the molecule is O=C(NCC1CC(F)CN1)c1ccnc(-c2cnn3ccc(-c4cccs4)nc23)c1. The molecule has 4 aromatic rings. The standard InChI is InChI=1S/C21H19FN6OS/c22-14-9-15(24-10-14)11-25-21(29)13-3-5-23-18(8-13)16-12-26-28-6-4-17(27-20(16)28)19-2-1-7-30-19/h1-8,12,14-15,24H,9-11H2,(H,25,29). The molecule has 0 radical (unpaired) electrons. The Labute approximate surface area is 176 Å². The number of rotatable bonds is 5. The third kappa shape index (κ3) is 3.69. The maximum absolute atomic E-state index is 13.3. The highest BCUT2D eigenvalue weighted by Gasteiger charge is 2.24. The summed E-state index contributed by atoms with van der Waals surface area (Å²) in [7, 11) is 0. The molecule has 1 saturated heterocycles. The van der Waals surface area contributed by atoms with Crippen molar-refractivity contribution < 1.29 is 9.18 Å². The number of pyridine rings is 1. The number of alkyl halides is 1. The molecule has 0 bridgehead atoms. The van der Waals surface area contributed by atoms with Gasteiger partial charge < -0.3 is 10.6 Å². The third-order valence-electron chi connectivity index (χ3n) is 5.12. The molecule has 7 nitrogen and oxygen atoms in total. The molecule has 5 heterocycles. The number of thiophene rings is 1. The van der Waals surface area contributed by atoms with E-state index in [1.165, 1.54) is 0 Å². The highest BCUT2D eigenvalue weighted by atomic mass is 32.1. The van der Waals surface area contributed by atoms with Gasteiger partial charge in [0.2, 0.25) is 0 Å². The van der Waals surface area contributed by atoms with Crippen LogP contribution in [0.1, 0.15) is 16.8 Å². The van der Waals surface area contributed by atoms with Gasteiger partial charge in [-0.3, -0.25) is 9.78 Å². The van der Waals surface area contributed by atoms with Gasteiger partial charge in [-0.2, -0.15) is 5.10 Å². The largest absolute Gasteiger partial charge is 0.350 e. The van der Waals surface area contributed by atoms with Gasteiger partial charge in [-0.1, -0.05) is 6.07 Å². The molecule has 0 spiro atoms. The van der Waals surface area contributed by atoms with E-state index >= 15 is 0 Å². The van der Waals surface area contributed by atoms with Crippen LogP contribution in [-0.2, 0) is 0 Å². The summed E-state index contributed by atoms with van der Waals surface area (Å²) >= 11 is 1.62. The number of hydrogen-bond donors (Lipinski definition) is 2. The number of carbonyl (C=O) groups excluding carboxylic acids is 1. The van der Waals surface area contributed by atoms with Crippen molar-refractivity contribution in [2.24, 2.45) is 0 Å². The van der Waals surface area contributed by atoms with Crippen molar-refractivity contribution >= 4 is 22.9 Å². The molecule has 2 atom stereocenters. The van der Waals surface area contributed by atoms with Crippen LogP contribution in [0.4, 0.5) is 4.39 Å². The van der Waals surface area contributed by atoms with Gasteiger partial charge in [0.15, 0.2) is 5.65 Å². The van der Waals surface area contributed by atoms with Crippen molar-refractivity contribution in [2.75, 3.05) is 13.1 Å². The maximum atomic E-state index is 13.3. The molecule has 2 N–H and O–H groups in total. The molecule has 1 aliphatic rings. The molecule has 30 heavy (non-hydrogen) atoms. The van der Waals surface area contributed by atoms with Crippen molar-refractivity contribution in [1.82, 2.24) is 30.2 Å². The van der Waals surface area contributed by atoms with Crippen LogP contribution >= 0.6 is 11.3 Å². The summed E-state index contributed by atoms with van der Waals surface area (Å²) in [6.45, 7) is 0.731. The van der Waals surface area contributed by atoms with Gasteiger partial charge >= 0.3 is 0 Å². The molecule has 0 aliphatic carbocycles. The van der Waals surface area contributed by atoms with Gasteiger partial charge in [0.05, 0.1) is 28.0 Å². The van der Waals surface area contributed by atoms with Crippen molar-refractivity contribution in [3.8, 4) is 21.8 Å². The molecule has 1 aliphatic heterocycles. The van der Waals surface area contributed by atoms with Gasteiger partial charge in [-0.25, -0.2) is 13.9 Å². The highest BCUT2D eigenvalue weighted by Crippen LogP contribution is 2.27. The van der Waals surface area contributed by atoms with Crippen LogP contribution in [0.3, 0.4) is 0 Å². The Morgan fingerprint density at radius 3 is 3.07 bits per heavy atom. The number of carbonyl (C=O) groups is 1. The van der Waals surface area contributed by atoms with Crippen molar-refractivity contribution in [3.63, 3.8) is 0 Å². The summed E-state index contributed by atoms with van der Waals surface area (Å²) in [4.78, 5) is 22.8. The molecule has 152 valence electrons. The smallest absolute Gasteiger partial charge is 0.251 e. The average Bonchev–Trinajstić information content (AvgIpc) is 3.52. The Balaban J connectivity index is 1.40. The number of nitrogens with zero attached hydrogens (tertiary/aromatic N) is 4. The summed E-state index contributed by atoms with van der Waals surface area (Å²) in [5.41, 5.74) is 3.40. The molecule has 2 unspecified atom stereocenters. The van der Waals surface area contributed by atoms with Crippen LogP contribution in [-0.4, -0.2) is 50.8 Å². The third-order valence-corrected chi connectivity index (χ3v) is 6.01. The van der Waals surface area contributed by atoms with Crippen LogP contribution in [0.5, 0.6) is 0 Å². The summed E-state index contributed by atoms with van der Waals surface area (Å²) in [5.74, 6) is -0.216. The number of aromatic nitrogens is 4. The van der Waals surface area contributed by atoms with Gasteiger partial charge in [-0.05, 0) is 36.1 Å². The van der Waals surface area contributed by atoms with E-state index in [-0.39, 0.29) is 11.9 Å². The van der Waals surface area contributed by atoms with Gasteiger partial charge in [0, 0.05) is 37.1 Å². The minimum atomic E-state index is -0.846. The molecule has 0 aromatic carbocycles. The molecular weight excluding hydrogens is 403 g/mol. The summed E-state index contributed by atoms with van der Waals surface area (Å²) in [6, 6.07) is 9.28. The fourth-order valence-corrected chi connectivity index (χ4v) is 4.27. The molecule has 1 amide bonds. The molecule has 4 aromatic heterocycles. The number of fused-ring (bicyclic) bond motifs is 1. The first-order valence-electron chi connectivity index (χ1n) is 9.68. The predicted octanol–water partition coefficient (Wildman–Crippen LogP) is 2.95. The van der Waals surface area contributed by atoms with Crippen LogP contribution < -0.4 is 10.6 Å². The zero-order valence-corrected chi connectivity index (χ0v) is 16.8. The lowest BCUT2D eigenvalue weighted by atomic mass is 10.1. The van der Waals surface area contributed by atoms with E-state index < -0.39 is 6.17 Å². The van der Waals surface area contributed by atoms with E-state index in [4.69, 9.17) is 4.98 Å². The fraction of sp³-hybridized carbons (Fsp3) is 0.238. The zero-order chi connectivity index (χ0) is 20.5. The topological polar surface area (TPSA) is 84.2 Å². The van der Waals surface area contributed by atoms with Gasteiger partial charge in [0.25, 0.3) is 5.91 Å². The Bertz CT molecular complexity index is 1190. The maximum Gasteiger partial charge on any atom is 0.251 e. The van der Waals surface area contributed by atoms with Crippen molar-refractivity contribution in [1.29, 1.82) is 0 Å². The second kappa shape index (κ2) is 7.92. The normalized spacial score (nSPS) is 18.7. The van der Waals surface area contributed by atoms with E-state index in [2.05, 4.69) is 20.7 Å². The first-order valence-corrected chi connectivity index (χ1v) is 10.6. The quantitative estimate of drug-likeness (QED) is 0.517. The minimum absolute atomic E-state index is 0.0373. The van der Waals surface area contributed by atoms with Crippen molar-refractivity contribution in [2.45, 2.75) is 18.6 Å². The lowest BCUT2D eigenvalue weighted by Crippen LogP contribution is -2.37. The van der Waals surface area contributed by atoms with Crippen LogP contribution in [0.15, 0.2) is 54.3 Å². The molecule has 5 rings (SSSR count). The second-order valence-corrected chi connectivity index (χ2v) is 8.14. The second-order valence-electron chi connectivity index (χ2n) is 7.19. The summed E-state index contributed by atoms with van der Waals surface area (Å²) in [6.07, 6.45) is 4.74. The van der Waals surface area contributed by atoms with Crippen molar-refractivity contribution in [3.05, 3.63) is 59.9 Å². The summed E-state index contributed by atoms with van der Waals surface area (Å²) in [5, 5.41) is 12.3. The average molecular weight is 422 g/mol. The van der Waals surface area contributed by atoms with Crippen LogP contribution in [0.25, 0.3) is 27.5 Å². The summed E-state index contributed by atoms with van der Waals surface area (Å²) < 4.78 is 15.0. The monoisotopic (exact) mass is 422 g/mol. The zero-order valence-electron chi connectivity index (χ0n) is 16.0. The fourth-order valence-electron chi connectivity index (χ4n) is 3.57. The Kier molecular flexibility index (Phi) is 4.97. The van der Waals surface area contributed by atoms with Gasteiger partial charge in [-0.15, -0.1) is 11.3 Å². The Morgan fingerprint density at radius 2 is 2.27 bits per heavy atom. The predicted molar refractivity (Wildman–Crippen MR) is 113 cm³/mol. The van der Waals surface area contributed by atoms with Crippen LogP contribution in [0, 0.1) is 0 Å². The van der Waals surface area contributed by atoms with Crippen LogP contribution in [0.2, 0.25) is 0 Å². The lowest BCUT2D eigenvalue weighted by Gasteiger charge is -2.11. The Hall–Kier alpha value is -3.17. The first kappa shape index (κ1) is 18.8. The van der Waals surface area contributed by atoms with E-state index in [1.54, 1.807) is 40.4 Å². The Morgan fingerprint density at radius 1 is 1.33 bits per heavy atom. The highest BCUT2D eigenvalue weighted by molar-refractivity contribution is 7.13. The van der Waals surface area contributed by atoms with E-state index in [9.17, 15) is 9.18 Å². The van der Waals surface area contributed by atoms with Gasteiger partial charge in [0.1, 0.15) is 6.17 Å². The van der Waals surface area contributed by atoms with E-state index in [0.717, 1.165) is 16.1 Å². The molecule has 1 fully saturated rings. The van der Waals surface area contributed by atoms with E-state index in [0.29, 0.717) is 36.4 Å². The number of amides is 1. The van der Waals surface area contributed by atoms with E-state index in [1.807, 2.05) is 29.8 Å². The molecular formula is C21H19FN6OS. The number of halogens is 1. The lowest BCUT2D eigenvalue weighted by molar-refractivity contribution is 0.0950. The number of hydrogen-bond acceptors (Lipinski definition) is 6. The number of nitrogens with one attached hydrogen (secondary N) is 2.